The van der Waals surface area contributed by atoms with Gasteiger partial charge in [0.15, 0.2) is 0 Å². The van der Waals surface area contributed by atoms with Gasteiger partial charge in [-0.05, 0) is 37.0 Å². The Balaban J connectivity index is 1.47. The molecule has 0 N–H and O–H groups in total. The van der Waals surface area contributed by atoms with Gasteiger partial charge in [-0.1, -0.05) is 12.1 Å². The van der Waals surface area contributed by atoms with Gasteiger partial charge in [-0.3, -0.25) is 14.5 Å². The third-order valence-corrected chi connectivity index (χ3v) is 5.47. The van der Waals surface area contributed by atoms with Crippen LogP contribution in [0.4, 0.5) is 18.0 Å². The fraction of sp³-hybridized carbons (Fsp3) is 0.550. The van der Waals surface area contributed by atoms with Gasteiger partial charge in [0.1, 0.15) is 18.8 Å². The van der Waals surface area contributed by atoms with E-state index in [0.717, 1.165) is 11.3 Å². The topological polar surface area (TPSA) is 70.2 Å². The maximum atomic E-state index is 12.6. The second kappa shape index (κ2) is 8.93. The van der Waals surface area contributed by atoms with Gasteiger partial charge in [0.25, 0.3) is 5.91 Å². The second-order valence-electron chi connectivity index (χ2n) is 7.47. The number of ether oxygens (including phenoxy) is 1. The molecule has 0 saturated carbocycles. The maximum absolute atomic E-state index is 12.6. The van der Waals surface area contributed by atoms with E-state index in [2.05, 4.69) is 0 Å². The van der Waals surface area contributed by atoms with Crippen LogP contribution in [-0.2, 0) is 16.0 Å². The zero-order chi connectivity index (χ0) is 21.9. The minimum atomic E-state index is -4.62. The normalized spacial score (nSPS) is 18.3. The fourth-order valence-corrected chi connectivity index (χ4v) is 3.81. The molecule has 2 heterocycles. The molecule has 164 valence electrons. The lowest BCUT2D eigenvalue weighted by atomic mass is 10.0. The van der Waals surface area contributed by atoms with Crippen molar-refractivity contribution in [3.05, 3.63) is 29.8 Å². The molecule has 2 saturated heterocycles. The van der Waals surface area contributed by atoms with Crippen LogP contribution in [0.2, 0.25) is 0 Å². The van der Waals surface area contributed by atoms with Crippen LogP contribution in [-0.4, -0.2) is 78.1 Å². The number of carbonyl (C=O) groups is 3. The van der Waals surface area contributed by atoms with Gasteiger partial charge in [-0.25, -0.2) is 4.79 Å². The molecule has 0 bridgehead atoms. The van der Waals surface area contributed by atoms with E-state index in [1.165, 1.54) is 4.90 Å². The summed E-state index contributed by atoms with van der Waals surface area (Å²) in [6, 6.07) is 6.23. The number of methoxy groups -OCH3 is 1. The lowest BCUT2D eigenvalue weighted by Crippen LogP contribution is -2.48. The monoisotopic (exact) mass is 427 g/mol. The SMILES string of the molecule is COc1ccc(CCC(=O)N2CCC(N3CC(=O)N(CC(F)(F)F)C3=O)CC2)cc1. The van der Waals surface area contributed by atoms with E-state index in [1.807, 2.05) is 24.3 Å². The minimum Gasteiger partial charge on any atom is -0.497 e. The first-order valence-corrected chi connectivity index (χ1v) is 9.76. The molecule has 1 aromatic rings. The van der Waals surface area contributed by atoms with Crippen LogP contribution in [0.5, 0.6) is 5.75 Å². The Labute approximate surface area is 172 Å². The van der Waals surface area contributed by atoms with Crippen LogP contribution in [0.3, 0.4) is 0 Å². The molecule has 2 aliphatic rings. The van der Waals surface area contributed by atoms with Gasteiger partial charge in [0.2, 0.25) is 5.91 Å². The van der Waals surface area contributed by atoms with Crippen molar-refractivity contribution in [3.8, 4) is 5.75 Å². The molecule has 0 unspecified atom stereocenters. The lowest BCUT2D eigenvalue weighted by Gasteiger charge is -2.36. The molecular formula is C20H24F3N3O4. The predicted molar refractivity (Wildman–Crippen MR) is 101 cm³/mol. The first-order valence-electron chi connectivity index (χ1n) is 9.76. The summed E-state index contributed by atoms with van der Waals surface area (Å²) in [5.74, 6) is -0.0991. The Bertz CT molecular complexity index is 789. The summed E-state index contributed by atoms with van der Waals surface area (Å²) in [4.78, 5) is 39.7. The number of benzene rings is 1. The first-order chi connectivity index (χ1) is 14.2. The van der Waals surface area contributed by atoms with Crippen molar-refractivity contribution in [2.75, 3.05) is 33.3 Å². The highest BCUT2D eigenvalue weighted by Gasteiger charge is 2.45. The number of piperidine rings is 1. The van der Waals surface area contributed by atoms with Gasteiger partial charge >= 0.3 is 12.2 Å². The Hall–Kier alpha value is -2.78. The van der Waals surface area contributed by atoms with Gasteiger partial charge in [0.05, 0.1) is 7.11 Å². The average Bonchev–Trinajstić information content (AvgIpc) is 2.99. The molecule has 2 fully saturated rings. The van der Waals surface area contributed by atoms with Gasteiger partial charge in [0, 0.05) is 25.6 Å². The van der Waals surface area contributed by atoms with Crippen LogP contribution in [0.15, 0.2) is 24.3 Å². The maximum Gasteiger partial charge on any atom is 0.406 e. The van der Waals surface area contributed by atoms with Crippen molar-refractivity contribution >= 4 is 17.8 Å². The first kappa shape index (κ1) is 21.9. The highest BCUT2D eigenvalue weighted by Crippen LogP contribution is 2.25. The van der Waals surface area contributed by atoms with Crippen molar-refractivity contribution in [2.24, 2.45) is 0 Å². The summed E-state index contributed by atoms with van der Waals surface area (Å²) in [5.41, 5.74) is 1.02. The van der Waals surface area contributed by atoms with E-state index in [1.54, 1.807) is 12.0 Å². The number of carbonyl (C=O) groups excluding carboxylic acids is 3. The third-order valence-electron chi connectivity index (χ3n) is 5.47. The number of hydrogen-bond donors (Lipinski definition) is 0. The highest BCUT2D eigenvalue weighted by molar-refractivity contribution is 6.02. The van der Waals surface area contributed by atoms with Gasteiger partial charge in [-0.15, -0.1) is 0 Å². The summed E-state index contributed by atoms with van der Waals surface area (Å²) >= 11 is 0. The van der Waals surface area contributed by atoms with Crippen LogP contribution in [0.25, 0.3) is 0 Å². The van der Waals surface area contributed by atoms with Crippen molar-refractivity contribution in [2.45, 2.75) is 37.9 Å². The summed E-state index contributed by atoms with van der Waals surface area (Å²) in [5, 5.41) is 0. The van der Waals surface area contributed by atoms with E-state index in [9.17, 15) is 27.6 Å². The number of rotatable bonds is 6. The summed E-state index contributed by atoms with van der Waals surface area (Å²) in [7, 11) is 1.58. The molecule has 10 heteroatoms. The fourth-order valence-electron chi connectivity index (χ4n) is 3.81. The largest absolute Gasteiger partial charge is 0.497 e. The molecule has 2 aliphatic heterocycles. The molecule has 0 aromatic heterocycles. The standard InChI is InChI=1S/C20H24F3N3O4/c1-30-16-5-2-14(3-6-16)4-7-17(27)24-10-8-15(9-11-24)25-12-18(28)26(19(25)29)13-20(21,22)23/h2-3,5-6,15H,4,7-13H2,1H3. The zero-order valence-electron chi connectivity index (χ0n) is 16.7. The zero-order valence-corrected chi connectivity index (χ0v) is 16.7. The molecule has 7 nitrogen and oxygen atoms in total. The van der Waals surface area contributed by atoms with E-state index in [-0.39, 0.29) is 23.4 Å². The van der Waals surface area contributed by atoms with Gasteiger partial charge < -0.3 is 14.5 Å². The molecule has 0 radical (unpaired) electrons. The van der Waals surface area contributed by atoms with E-state index >= 15 is 0 Å². The molecule has 4 amide bonds. The van der Waals surface area contributed by atoms with Gasteiger partial charge in [-0.2, -0.15) is 13.2 Å². The number of amides is 4. The van der Waals surface area contributed by atoms with E-state index < -0.39 is 24.7 Å². The van der Waals surface area contributed by atoms with Crippen molar-refractivity contribution in [1.29, 1.82) is 0 Å². The van der Waals surface area contributed by atoms with E-state index in [4.69, 9.17) is 4.74 Å². The number of nitrogens with zero attached hydrogens (tertiary/aromatic N) is 3. The number of halogens is 3. The Morgan fingerprint density at radius 3 is 2.33 bits per heavy atom. The molecule has 0 atom stereocenters. The summed E-state index contributed by atoms with van der Waals surface area (Å²) < 4.78 is 42.8. The summed E-state index contributed by atoms with van der Waals surface area (Å²) in [6.45, 7) is -1.10. The number of hydrogen-bond acceptors (Lipinski definition) is 4. The number of likely N-dealkylation sites (tertiary alicyclic amines) is 1. The van der Waals surface area contributed by atoms with E-state index in [0.29, 0.717) is 38.8 Å². The molecule has 3 rings (SSSR count). The Kier molecular flexibility index (Phi) is 6.52. The van der Waals surface area contributed by atoms with Crippen LogP contribution in [0, 0.1) is 0 Å². The molecular weight excluding hydrogens is 403 g/mol. The van der Waals surface area contributed by atoms with Crippen molar-refractivity contribution in [1.82, 2.24) is 14.7 Å². The number of alkyl halides is 3. The second-order valence-corrected chi connectivity index (χ2v) is 7.47. The smallest absolute Gasteiger partial charge is 0.406 e. The van der Waals surface area contributed by atoms with Crippen molar-refractivity contribution in [3.63, 3.8) is 0 Å². The quantitative estimate of drug-likeness (QED) is 0.654. The lowest BCUT2D eigenvalue weighted by molar-refractivity contribution is -0.151. The molecule has 30 heavy (non-hydrogen) atoms. The molecule has 1 aromatic carbocycles. The summed E-state index contributed by atoms with van der Waals surface area (Å²) in [6.07, 6.45) is -2.81. The predicted octanol–water partition coefficient (Wildman–Crippen LogP) is 2.45. The van der Waals surface area contributed by atoms with Crippen molar-refractivity contribution < 1.29 is 32.3 Å². The molecule has 0 aliphatic carbocycles. The highest BCUT2D eigenvalue weighted by atomic mass is 19.4. The molecule has 0 spiro atoms. The van der Waals surface area contributed by atoms with Crippen LogP contribution < -0.4 is 4.74 Å². The third kappa shape index (κ3) is 5.22. The van der Waals surface area contributed by atoms with Crippen LogP contribution in [0.1, 0.15) is 24.8 Å². The Morgan fingerprint density at radius 2 is 1.77 bits per heavy atom. The van der Waals surface area contributed by atoms with Crippen LogP contribution >= 0.6 is 0 Å². The number of imide groups is 1. The average molecular weight is 427 g/mol. The number of aryl methyl sites for hydroxylation is 1. The Morgan fingerprint density at radius 1 is 1.13 bits per heavy atom. The minimum absolute atomic E-state index is 0.00760. The number of urea groups is 1.